The van der Waals surface area contributed by atoms with Gasteiger partial charge < -0.3 is 15.2 Å². The first kappa shape index (κ1) is 15.2. The van der Waals surface area contributed by atoms with Crippen LogP contribution in [0.4, 0.5) is 10.1 Å². The third-order valence-corrected chi connectivity index (χ3v) is 3.07. The van der Waals surface area contributed by atoms with Gasteiger partial charge in [-0.3, -0.25) is 0 Å². The second-order valence-corrected chi connectivity index (χ2v) is 5.82. The van der Waals surface area contributed by atoms with Gasteiger partial charge in [-0.25, -0.2) is 13.9 Å². The van der Waals surface area contributed by atoms with Gasteiger partial charge in [-0.2, -0.15) is 0 Å². The van der Waals surface area contributed by atoms with Crippen molar-refractivity contribution in [1.29, 1.82) is 0 Å². The SMILES string of the molecule is CC(C)(O)CNc1cc(Oc2cccc(F)c2)nn2ccnc12. The molecule has 3 aromatic rings. The summed E-state index contributed by atoms with van der Waals surface area (Å²) in [5, 5.41) is 17.3. The van der Waals surface area contributed by atoms with Gasteiger partial charge in [0.2, 0.25) is 5.88 Å². The Morgan fingerprint density at radius 1 is 1.35 bits per heavy atom. The first-order valence-corrected chi connectivity index (χ1v) is 7.15. The number of benzene rings is 1. The molecule has 0 atom stereocenters. The summed E-state index contributed by atoms with van der Waals surface area (Å²) in [4.78, 5) is 4.22. The van der Waals surface area contributed by atoms with E-state index in [0.29, 0.717) is 29.5 Å². The Hall–Kier alpha value is -2.67. The van der Waals surface area contributed by atoms with Crippen LogP contribution in [0.5, 0.6) is 11.6 Å². The summed E-state index contributed by atoms with van der Waals surface area (Å²) in [7, 11) is 0. The molecule has 23 heavy (non-hydrogen) atoms. The molecule has 2 N–H and O–H groups in total. The van der Waals surface area contributed by atoms with E-state index in [9.17, 15) is 9.50 Å². The summed E-state index contributed by atoms with van der Waals surface area (Å²) in [6.45, 7) is 3.74. The highest BCUT2D eigenvalue weighted by molar-refractivity contribution is 5.68. The van der Waals surface area contributed by atoms with Gasteiger partial charge in [0.05, 0.1) is 11.3 Å². The maximum atomic E-state index is 13.2. The zero-order valence-electron chi connectivity index (χ0n) is 12.8. The number of halogens is 1. The van der Waals surface area contributed by atoms with E-state index in [-0.39, 0.29) is 5.82 Å². The molecule has 0 unspecified atom stereocenters. The van der Waals surface area contributed by atoms with Crippen LogP contribution in [-0.4, -0.2) is 31.9 Å². The molecule has 2 aromatic heterocycles. The standard InChI is InChI=1S/C16H17FN4O2/c1-16(2,22)10-19-13-9-14(20-21-7-6-18-15(13)21)23-12-5-3-4-11(17)8-12/h3-9,19,22H,10H2,1-2H3. The van der Waals surface area contributed by atoms with E-state index in [0.717, 1.165) is 0 Å². The van der Waals surface area contributed by atoms with Gasteiger partial charge in [0.15, 0.2) is 5.65 Å². The Kier molecular flexibility index (Phi) is 3.87. The number of rotatable bonds is 5. The smallest absolute Gasteiger partial charge is 0.239 e. The van der Waals surface area contributed by atoms with E-state index in [4.69, 9.17) is 4.74 Å². The molecule has 7 heteroatoms. The zero-order valence-corrected chi connectivity index (χ0v) is 12.8. The molecule has 0 radical (unpaired) electrons. The van der Waals surface area contributed by atoms with E-state index >= 15 is 0 Å². The van der Waals surface area contributed by atoms with Crippen molar-refractivity contribution < 1.29 is 14.2 Å². The molecule has 0 aliphatic heterocycles. The van der Waals surface area contributed by atoms with Crippen molar-refractivity contribution in [3.8, 4) is 11.6 Å². The van der Waals surface area contributed by atoms with Gasteiger partial charge in [-0.15, -0.1) is 5.10 Å². The minimum absolute atomic E-state index is 0.291. The van der Waals surface area contributed by atoms with Crippen molar-refractivity contribution in [2.75, 3.05) is 11.9 Å². The highest BCUT2D eigenvalue weighted by Gasteiger charge is 2.15. The van der Waals surface area contributed by atoms with Crippen LogP contribution in [0.2, 0.25) is 0 Å². The molecule has 0 saturated carbocycles. The Morgan fingerprint density at radius 3 is 2.91 bits per heavy atom. The molecule has 0 fully saturated rings. The van der Waals surface area contributed by atoms with Gasteiger partial charge in [-0.1, -0.05) is 6.07 Å². The van der Waals surface area contributed by atoms with E-state index in [1.807, 2.05) is 0 Å². The first-order valence-electron chi connectivity index (χ1n) is 7.15. The number of imidazole rings is 1. The fraction of sp³-hybridized carbons (Fsp3) is 0.250. The molecule has 0 bridgehead atoms. The van der Waals surface area contributed by atoms with Crippen molar-refractivity contribution in [2.24, 2.45) is 0 Å². The molecule has 0 saturated heterocycles. The Balaban J connectivity index is 1.92. The molecular formula is C16H17FN4O2. The number of hydrogen-bond acceptors (Lipinski definition) is 5. The number of aromatic nitrogens is 3. The number of ether oxygens (including phenoxy) is 1. The first-order chi connectivity index (χ1) is 10.9. The molecule has 0 spiro atoms. The number of anilines is 1. The lowest BCUT2D eigenvalue weighted by Crippen LogP contribution is -2.29. The van der Waals surface area contributed by atoms with Crippen molar-refractivity contribution >= 4 is 11.3 Å². The predicted molar refractivity (Wildman–Crippen MR) is 84.2 cm³/mol. The molecule has 0 amide bonds. The lowest BCUT2D eigenvalue weighted by molar-refractivity contribution is 0.0945. The number of nitrogens with zero attached hydrogens (tertiary/aromatic N) is 3. The monoisotopic (exact) mass is 316 g/mol. The summed E-state index contributed by atoms with van der Waals surface area (Å²) in [5.74, 6) is 0.260. The van der Waals surface area contributed by atoms with E-state index in [1.54, 1.807) is 49.0 Å². The van der Waals surface area contributed by atoms with E-state index in [2.05, 4.69) is 15.4 Å². The van der Waals surface area contributed by atoms with Crippen LogP contribution in [0.25, 0.3) is 5.65 Å². The van der Waals surface area contributed by atoms with Crippen LogP contribution < -0.4 is 10.1 Å². The predicted octanol–water partition coefficient (Wildman–Crippen LogP) is 2.84. The number of hydrogen-bond donors (Lipinski definition) is 2. The molecule has 0 aliphatic rings. The highest BCUT2D eigenvalue weighted by Crippen LogP contribution is 2.25. The highest BCUT2D eigenvalue weighted by atomic mass is 19.1. The Bertz CT molecular complexity index is 826. The lowest BCUT2D eigenvalue weighted by atomic mass is 10.1. The van der Waals surface area contributed by atoms with Crippen molar-refractivity contribution in [3.05, 3.63) is 48.5 Å². The quantitative estimate of drug-likeness (QED) is 0.757. The molecule has 6 nitrogen and oxygen atoms in total. The summed E-state index contributed by atoms with van der Waals surface area (Å²) >= 11 is 0. The molecule has 3 rings (SSSR count). The van der Waals surface area contributed by atoms with Crippen molar-refractivity contribution in [1.82, 2.24) is 14.6 Å². The van der Waals surface area contributed by atoms with Crippen LogP contribution in [0.3, 0.4) is 0 Å². The van der Waals surface area contributed by atoms with Crippen LogP contribution in [0.1, 0.15) is 13.8 Å². The minimum atomic E-state index is -0.879. The maximum absolute atomic E-state index is 13.2. The molecular weight excluding hydrogens is 299 g/mol. The number of nitrogens with one attached hydrogen (secondary N) is 1. The largest absolute Gasteiger partial charge is 0.437 e. The lowest BCUT2D eigenvalue weighted by Gasteiger charge is -2.19. The normalized spacial score (nSPS) is 11.7. The second kappa shape index (κ2) is 5.85. The summed E-state index contributed by atoms with van der Waals surface area (Å²) in [6, 6.07) is 7.50. The fourth-order valence-electron chi connectivity index (χ4n) is 2.04. The van der Waals surface area contributed by atoms with Gasteiger partial charge in [0.25, 0.3) is 0 Å². The number of aliphatic hydroxyl groups is 1. The maximum Gasteiger partial charge on any atom is 0.239 e. The summed E-state index contributed by atoms with van der Waals surface area (Å²) in [5.41, 5.74) is 0.399. The van der Waals surface area contributed by atoms with Gasteiger partial charge in [0, 0.05) is 31.1 Å². The Morgan fingerprint density at radius 2 is 2.17 bits per heavy atom. The molecule has 2 heterocycles. The summed E-state index contributed by atoms with van der Waals surface area (Å²) in [6.07, 6.45) is 3.30. The molecule has 0 aliphatic carbocycles. The van der Waals surface area contributed by atoms with Crippen LogP contribution in [-0.2, 0) is 0 Å². The molecule has 1 aromatic carbocycles. The van der Waals surface area contributed by atoms with E-state index in [1.165, 1.54) is 12.1 Å². The van der Waals surface area contributed by atoms with Crippen molar-refractivity contribution in [3.63, 3.8) is 0 Å². The van der Waals surface area contributed by atoms with Crippen molar-refractivity contribution in [2.45, 2.75) is 19.4 Å². The zero-order chi connectivity index (χ0) is 16.4. The summed E-state index contributed by atoms with van der Waals surface area (Å²) < 4.78 is 20.4. The fourth-order valence-corrected chi connectivity index (χ4v) is 2.04. The van der Waals surface area contributed by atoms with Crippen LogP contribution in [0.15, 0.2) is 42.7 Å². The Labute approximate surface area is 132 Å². The third kappa shape index (κ3) is 3.75. The van der Waals surface area contributed by atoms with Gasteiger partial charge in [-0.05, 0) is 26.0 Å². The number of fused-ring (bicyclic) bond motifs is 1. The topological polar surface area (TPSA) is 71.7 Å². The average molecular weight is 316 g/mol. The second-order valence-electron chi connectivity index (χ2n) is 5.82. The van der Waals surface area contributed by atoms with E-state index < -0.39 is 5.60 Å². The van der Waals surface area contributed by atoms with Gasteiger partial charge >= 0.3 is 0 Å². The average Bonchev–Trinajstić information content (AvgIpc) is 2.92. The van der Waals surface area contributed by atoms with Crippen LogP contribution in [0, 0.1) is 5.82 Å². The molecule has 120 valence electrons. The third-order valence-electron chi connectivity index (χ3n) is 3.07. The minimum Gasteiger partial charge on any atom is -0.437 e. The van der Waals surface area contributed by atoms with Gasteiger partial charge in [0.1, 0.15) is 11.6 Å². The van der Waals surface area contributed by atoms with Crippen LogP contribution >= 0.6 is 0 Å².